The minimum atomic E-state index is -2.26. The fraction of sp³-hybridized carbons (Fsp3) is 0.214. The summed E-state index contributed by atoms with van der Waals surface area (Å²) in [7, 11) is -4.51. The second kappa shape index (κ2) is 8.59. The zero-order chi connectivity index (χ0) is 24.1. The van der Waals surface area contributed by atoms with Crippen LogP contribution in [0, 0.1) is 13.3 Å². The SMILES string of the molecule is [CH2-][P+](c1ccccc1)(c1ccccc1)c1ccccc1[P+]1([CH2-])[C@H](C)N2C(=O)CCC(=O)N2[C@H]1C. The molecule has 2 aliphatic heterocycles. The molecule has 0 bridgehead atoms. The van der Waals surface area contributed by atoms with E-state index in [-0.39, 0.29) is 36.2 Å². The lowest BCUT2D eigenvalue weighted by Crippen LogP contribution is -2.53. The molecule has 2 atom stereocenters. The van der Waals surface area contributed by atoms with E-state index < -0.39 is 14.5 Å². The Labute approximate surface area is 203 Å². The van der Waals surface area contributed by atoms with Crippen LogP contribution in [0.2, 0.25) is 0 Å². The van der Waals surface area contributed by atoms with Gasteiger partial charge in [-0.15, -0.1) is 0 Å². The molecular formula is C28H30N2O2P2. The van der Waals surface area contributed by atoms with Crippen LogP contribution in [-0.4, -0.2) is 33.4 Å². The molecule has 0 unspecified atom stereocenters. The van der Waals surface area contributed by atoms with Crippen molar-refractivity contribution in [3.63, 3.8) is 0 Å². The van der Waals surface area contributed by atoms with Crippen LogP contribution < -0.4 is 21.2 Å². The summed E-state index contributed by atoms with van der Waals surface area (Å²) in [5.74, 6) is -0.270. The average Bonchev–Trinajstić information content (AvgIpc) is 3.09. The summed E-state index contributed by atoms with van der Waals surface area (Å²) >= 11 is 0. The van der Waals surface area contributed by atoms with Crippen LogP contribution in [0.3, 0.4) is 0 Å². The normalized spacial score (nSPS) is 22.1. The smallest absolute Gasteiger partial charge is 0.245 e. The Kier molecular flexibility index (Phi) is 5.87. The molecule has 3 aromatic rings. The first-order chi connectivity index (χ1) is 16.3. The summed E-state index contributed by atoms with van der Waals surface area (Å²) in [5.41, 5.74) is 0. The number of nitrogens with zero attached hydrogens (tertiary/aromatic N) is 2. The number of hydrogen-bond acceptors (Lipinski definition) is 2. The number of amides is 2. The first kappa shape index (κ1) is 23.2. The van der Waals surface area contributed by atoms with Gasteiger partial charge in [-0.25, -0.2) is 10.0 Å². The van der Waals surface area contributed by atoms with Crippen molar-refractivity contribution in [3.8, 4) is 0 Å². The summed E-state index contributed by atoms with van der Waals surface area (Å²) in [4.78, 5) is 25.9. The topological polar surface area (TPSA) is 40.6 Å². The Bertz CT molecular complexity index is 1160. The summed E-state index contributed by atoms with van der Waals surface area (Å²) in [6.45, 7) is 14.0. The molecule has 2 heterocycles. The third-order valence-corrected chi connectivity index (χ3v) is 15.6. The van der Waals surface area contributed by atoms with Crippen LogP contribution in [0.4, 0.5) is 0 Å². The van der Waals surface area contributed by atoms with E-state index in [4.69, 9.17) is 13.3 Å². The molecule has 0 saturated carbocycles. The fourth-order valence-corrected chi connectivity index (χ4v) is 13.1. The minimum absolute atomic E-state index is 0.0174. The van der Waals surface area contributed by atoms with Gasteiger partial charge in [-0.2, -0.15) is 13.3 Å². The molecule has 0 aromatic heterocycles. The van der Waals surface area contributed by atoms with Crippen molar-refractivity contribution >= 4 is 47.6 Å². The highest BCUT2D eigenvalue weighted by atomic mass is 31.2. The average molecular weight is 489 g/mol. The van der Waals surface area contributed by atoms with E-state index >= 15 is 0 Å². The lowest BCUT2D eigenvalue weighted by atomic mass is 10.2. The third kappa shape index (κ3) is 3.27. The number of carbonyl (C=O) groups excluding carboxylic acids is 2. The minimum Gasteiger partial charge on any atom is -0.273 e. The maximum Gasteiger partial charge on any atom is 0.245 e. The maximum absolute atomic E-state index is 12.9. The van der Waals surface area contributed by atoms with Crippen molar-refractivity contribution in [2.45, 2.75) is 38.3 Å². The third-order valence-electron chi connectivity index (χ3n) is 7.47. The Morgan fingerprint density at radius 2 is 1.15 bits per heavy atom. The molecule has 0 N–H and O–H groups in total. The number of fused-ring (bicyclic) bond motifs is 1. The van der Waals surface area contributed by atoms with Crippen molar-refractivity contribution in [1.29, 1.82) is 0 Å². The van der Waals surface area contributed by atoms with Gasteiger partial charge in [-0.1, -0.05) is 48.5 Å². The highest BCUT2D eigenvalue weighted by Crippen LogP contribution is 2.72. The van der Waals surface area contributed by atoms with E-state index in [0.29, 0.717) is 0 Å². The van der Waals surface area contributed by atoms with E-state index in [0.717, 1.165) is 0 Å². The van der Waals surface area contributed by atoms with Crippen LogP contribution in [0.5, 0.6) is 0 Å². The highest BCUT2D eigenvalue weighted by Gasteiger charge is 2.60. The summed E-state index contributed by atoms with van der Waals surface area (Å²) in [6, 6.07) is 29.5. The molecule has 34 heavy (non-hydrogen) atoms. The number of rotatable bonds is 4. The molecule has 4 nitrogen and oxygen atoms in total. The van der Waals surface area contributed by atoms with Gasteiger partial charge in [0, 0.05) is 12.8 Å². The van der Waals surface area contributed by atoms with Crippen LogP contribution in [0.1, 0.15) is 26.7 Å². The Hall–Kier alpha value is -2.54. The van der Waals surface area contributed by atoms with Gasteiger partial charge in [-0.05, 0) is 64.8 Å². The molecule has 2 amide bonds. The monoisotopic (exact) mass is 488 g/mol. The maximum atomic E-state index is 12.9. The van der Waals surface area contributed by atoms with Crippen LogP contribution in [0.15, 0.2) is 84.9 Å². The Balaban J connectivity index is 1.75. The summed E-state index contributed by atoms with van der Waals surface area (Å²) in [5, 5.41) is 8.18. The van der Waals surface area contributed by atoms with Crippen molar-refractivity contribution < 1.29 is 9.59 Å². The van der Waals surface area contributed by atoms with Crippen molar-refractivity contribution in [3.05, 3.63) is 98.3 Å². The van der Waals surface area contributed by atoms with Crippen molar-refractivity contribution in [2.75, 3.05) is 0 Å². The van der Waals surface area contributed by atoms with Crippen LogP contribution in [0.25, 0.3) is 0 Å². The van der Waals surface area contributed by atoms with E-state index in [1.54, 1.807) is 10.0 Å². The molecule has 174 valence electrons. The van der Waals surface area contributed by atoms with Gasteiger partial charge in [0.25, 0.3) is 0 Å². The Morgan fingerprint density at radius 1 is 0.735 bits per heavy atom. The van der Waals surface area contributed by atoms with Gasteiger partial charge in [0.15, 0.2) is 0 Å². The fourth-order valence-electron chi connectivity index (χ4n) is 5.50. The quantitative estimate of drug-likeness (QED) is 0.407. The van der Waals surface area contributed by atoms with E-state index in [1.807, 2.05) is 12.1 Å². The standard InChI is InChI=1S/C28H30N2O2P2/c1-21-29-27(31)19-20-28(32)30(29)22(2)33(21,3)25-17-11-12-18-26(25)34(4,23-13-7-5-8-14-23)24-15-9-6-10-16-24/h5-18,21-22H,3-4,19-20H2,1-2H3/t21-,22-/m1/s1. The van der Waals surface area contributed by atoms with Gasteiger partial charge in [0.1, 0.15) is 22.2 Å². The molecule has 5 rings (SSSR count). The number of hydrazine groups is 1. The van der Waals surface area contributed by atoms with Gasteiger partial charge < -0.3 is 0 Å². The van der Waals surface area contributed by atoms with E-state index in [1.165, 1.54) is 21.2 Å². The second-order valence-corrected chi connectivity index (χ2v) is 16.1. The molecule has 0 spiro atoms. The molecular weight excluding hydrogens is 458 g/mol. The molecule has 3 aromatic carbocycles. The van der Waals surface area contributed by atoms with Gasteiger partial charge in [0.2, 0.25) is 11.8 Å². The lowest BCUT2D eigenvalue weighted by Gasteiger charge is -2.38. The first-order valence-corrected chi connectivity index (χ1v) is 15.7. The van der Waals surface area contributed by atoms with Gasteiger partial charge in [-0.3, -0.25) is 9.59 Å². The zero-order valence-electron chi connectivity index (χ0n) is 19.7. The van der Waals surface area contributed by atoms with Gasteiger partial charge in [0.05, 0.1) is 10.6 Å². The Morgan fingerprint density at radius 3 is 1.62 bits per heavy atom. The molecule has 0 aliphatic carbocycles. The second-order valence-electron chi connectivity index (χ2n) is 9.14. The number of hydrogen-bond donors (Lipinski definition) is 0. The molecule has 2 aliphatic rings. The van der Waals surface area contributed by atoms with Crippen molar-refractivity contribution in [2.24, 2.45) is 0 Å². The lowest BCUT2D eigenvalue weighted by molar-refractivity contribution is -0.170. The van der Waals surface area contributed by atoms with Gasteiger partial charge >= 0.3 is 0 Å². The molecule has 2 saturated heterocycles. The molecule has 0 radical (unpaired) electrons. The van der Waals surface area contributed by atoms with Crippen LogP contribution >= 0.6 is 14.5 Å². The van der Waals surface area contributed by atoms with E-state index in [2.05, 4.69) is 86.6 Å². The van der Waals surface area contributed by atoms with E-state index in [9.17, 15) is 9.59 Å². The summed E-state index contributed by atoms with van der Waals surface area (Å²) < 4.78 is 0. The first-order valence-electron chi connectivity index (χ1n) is 11.6. The van der Waals surface area contributed by atoms with Crippen molar-refractivity contribution in [1.82, 2.24) is 10.0 Å². The molecule has 6 heteroatoms. The predicted octanol–water partition coefficient (Wildman–Crippen LogP) is 4.28. The number of benzene rings is 3. The molecule has 2 fully saturated rings. The van der Waals surface area contributed by atoms with Crippen LogP contribution in [-0.2, 0) is 9.59 Å². The predicted molar refractivity (Wildman–Crippen MR) is 144 cm³/mol. The highest BCUT2D eigenvalue weighted by molar-refractivity contribution is 7.98. The summed E-state index contributed by atoms with van der Waals surface area (Å²) in [6.07, 6.45) is 0.544. The largest absolute Gasteiger partial charge is 0.273 e. The zero-order valence-corrected chi connectivity index (χ0v) is 21.5. The number of carbonyl (C=O) groups is 2.